The number of unbranched alkanes of at least 4 members (excludes halogenated alkanes) is 7. The van der Waals surface area contributed by atoms with Crippen molar-refractivity contribution in [2.45, 2.75) is 196 Å². The van der Waals surface area contributed by atoms with Gasteiger partial charge >= 0.3 is 5.97 Å². The van der Waals surface area contributed by atoms with Crippen LogP contribution in [0.15, 0.2) is 11.6 Å². The minimum Gasteiger partial charge on any atom is -0.480 e. The summed E-state index contributed by atoms with van der Waals surface area (Å²) in [6, 6.07) is -0.817. The van der Waals surface area contributed by atoms with Crippen LogP contribution in [0.3, 0.4) is 0 Å². The van der Waals surface area contributed by atoms with Crippen molar-refractivity contribution in [2.75, 3.05) is 6.54 Å². The third-order valence-electron chi connectivity index (χ3n) is 16.9. The highest BCUT2D eigenvalue weighted by Crippen LogP contribution is 2.75. The summed E-state index contributed by atoms with van der Waals surface area (Å²) in [5.41, 5.74) is 2.08. The van der Waals surface area contributed by atoms with Crippen molar-refractivity contribution in [3.05, 3.63) is 11.6 Å². The van der Waals surface area contributed by atoms with Crippen molar-refractivity contribution >= 4 is 17.8 Å². The molecule has 0 unspecified atom stereocenters. The quantitative estimate of drug-likeness (QED) is 0.0986. The molecule has 0 radical (unpaired) electrons. The third-order valence-corrected chi connectivity index (χ3v) is 16.9. The predicted octanol–water partition coefficient (Wildman–Crippen LogP) is 10.0. The SMILES string of the molecule is CC(C)[C@H](NC(=O)CCCCCCCCCCNC(=O)[C@]12CCC(C)(C)C[C@H]1C1=CC[C@@H]3[C@@]4(C)CC[C@H](O)C(C)(C)[C@@H]4CC[C@@]3(C)[C@]1(C)CC2)C(=O)O. The molecule has 5 aliphatic rings. The smallest absolute Gasteiger partial charge is 0.326 e. The van der Waals surface area contributed by atoms with E-state index in [4.69, 9.17) is 0 Å². The second-order valence-corrected chi connectivity index (χ2v) is 21.2. The van der Waals surface area contributed by atoms with E-state index in [-0.39, 0.29) is 50.4 Å². The lowest BCUT2D eigenvalue weighted by molar-refractivity contribution is -0.203. The number of aliphatic hydroxyl groups is 1. The van der Waals surface area contributed by atoms with Gasteiger partial charge in [-0.25, -0.2) is 4.79 Å². The van der Waals surface area contributed by atoms with Crippen molar-refractivity contribution in [2.24, 2.45) is 56.2 Å². The van der Waals surface area contributed by atoms with Crippen molar-refractivity contribution in [3.63, 3.8) is 0 Å². The maximum Gasteiger partial charge on any atom is 0.326 e. The van der Waals surface area contributed by atoms with E-state index in [2.05, 4.69) is 65.2 Å². The number of carbonyl (C=O) groups is 3. The normalized spacial score (nSPS) is 37.6. The average Bonchev–Trinajstić information content (AvgIpc) is 3.07. The molecular formula is C46H78N2O5. The number of fused-ring (bicyclic) bond motifs is 7. The van der Waals surface area contributed by atoms with Gasteiger partial charge in [0.05, 0.1) is 11.5 Å². The van der Waals surface area contributed by atoms with Gasteiger partial charge in [0, 0.05) is 13.0 Å². The van der Waals surface area contributed by atoms with Crippen LogP contribution in [-0.2, 0) is 14.4 Å². The molecule has 0 heterocycles. The Labute approximate surface area is 323 Å². The summed E-state index contributed by atoms with van der Waals surface area (Å²) in [5, 5.41) is 26.5. The van der Waals surface area contributed by atoms with Gasteiger partial charge in [-0.1, -0.05) is 112 Å². The van der Waals surface area contributed by atoms with Crippen LogP contribution in [0, 0.1) is 56.2 Å². The second kappa shape index (κ2) is 15.9. The van der Waals surface area contributed by atoms with Crippen LogP contribution in [0.4, 0.5) is 0 Å². The molecule has 302 valence electrons. The Kier molecular flexibility index (Phi) is 12.7. The first-order valence-corrected chi connectivity index (χ1v) is 21.9. The molecule has 9 atom stereocenters. The zero-order valence-corrected chi connectivity index (χ0v) is 35.3. The molecule has 0 bridgehead atoms. The topological polar surface area (TPSA) is 116 Å². The number of hydrogen-bond acceptors (Lipinski definition) is 4. The molecule has 0 aliphatic heterocycles. The zero-order chi connectivity index (χ0) is 39.0. The van der Waals surface area contributed by atoms with Gasteiger partial charge in [-0.2, -0.15) is 0 Å². The molecule has 0 aromatic rings. The number of carboxylic acids is 1. The molecule has 0 spiro atoms. The first-order chi connectivity index (χ1) is 24.7. The first kappa shape index (κ1) is 42.3. The first-order valence-electron chi connectivity index (χ1n) is 21.9. The van der Waals surface area contributed by atoms with Crippen LogP contribution in [0.1, 0.15) is 184 Å². The van der Waals surface area contributed by atoms with Crippen LogP contribution < -0.4 is 10.6 Å². The minimum absolute atomic E-state index is 0.0441. The molecule has 7 heteroatoms. The van der Waals surface area contributed by atoms with Crippen LogP contribution >= 0.6 is 0 Å². The summed E-state index contributed by atoms with van der Waals surface area (Å²) in [6.45, 7) is 21.7. The van der Waals surface area contributed by atoms with Gasteiger partial charge in [0.15, 0.2) is 0 Å². The Hall–Kier alpha value is -1.89. The zero-order valence-electron chi connectivity index (χ0n) is 35.3. The summed E-state index contributed by atoms with van der Waals surface area (Å²) in [7, 11) is 0. The number of hydrogen-bond donors (Lipinski definition) is 4. The number of carbonyl (C=O) groups excluding carboxylic acids is 2. The van der Waals surface area contributed by atoms with Crippen LogP contribution in [0.25, 0.3) is 0 Å². The summed E-state index contributed by atoms with van der Waals surface area (Å²) >= 11 is 0. The van der Waals surface area contributed by atoms with Crippen molar-refractivity contribution in [3.8, 4) is 0 Å². The number of nitrogens with one attached hydrogen (secondary N) is 2. The van der Waals surface area contributed by atoms with E-state index in [9.17, 15) is 24.6 Å². The van der Waals surface area contributed by atoms with E-state index in [1.165, 1.54) is 19.3 Å². The summed E-state index contributed by atoms with van der Waals surface area (Å²) in [6.07, 6.45) is 22.2. The largest absolute Gasteiger partial charge is 0.480 e. The fourth-order valence-corrected chi connectivity index (χ4v) is 13.2. The Balaban J connectivity index is 1.12. The highest BCUT2D eigenvalue weighted by molar-refractivity contribution is 5.84. The number of rotatable bonds is 15. The van der Waals surface area contributed by atoms with Crippen LogP contribution in [-0.4, -0.2) is 46.7 Å². The van der Waals surface area contributed by atoms with Gasteiger partial charge < -0.3 is 20.8 Å². The maximum atomic E-state index is 14.4. The highest BCUT2D eigenvalue weighted by atomic mass is 16.4. The van der Waals surface area contributed by atoms with Crippen molar-refractivity contribution in [1.29, 1.82) is 0 Å². The van der Waals surface area contributed by atoms with E-state index in [0.29, 0.717) is 30.1 Å². The van der Waals surface area contributed by atoms with Gasteiger partial charge in [0.2, 0.25) is 11.8 Å². The molecule has 0 aromatic heterocycles. The standard InChI is InChI=1S/C46H78N2O5/c1-31(2)38(39(51)52)48-37(50)18-16-14-12-10-11-13-15-17-29-47-40(53)46-27-25-41(3,4)30-33(46)32-19-20-35-43(7)23-22-36(49)42(5,6)34(43)21-24-45(35,9)44(32,8)26-28-46/h19,31,33-36,38,49H,10-18,20-30H2,1-9H3,(H,47,53)(H,48,50)(H,51,52)/t33-,34-,35+,36-,38-,43-,44+,45+,46-/m0/s1. The monoisotopic (exact) mass is 739 g/mol. The molecule has 4 fully saturated rings. The summed E-state index contributed by atoms with van der Waals surface area (Å²) < 4.78 is 0. The third kappa shape index (κ3) is 7.91. The van der Waals surface area contributed by atoms with Crippen molar-refractivity contribution < 1.29 is 24.6 Å². The molecule has 4 N–H and O–H groups in total. The fourth-order valence-electron chi connectivity index (χ4n) is 13.2. The van der Waals surface area contributed by atoms with Gasteiger partial charge in [-0.3, -0.25) is 9.59 Å². The molecule has 4 saturated carbocycles. The van der Waals surface area contributed by atoms with E-state index >= 15 is 0 Å². The molecular weight excluding hydrogens is 661 g/mol. The van der Waals surface area contributed by atoms with E-state index in [1.54, 1.807) is 5.57 Å². The van der Waals surface area contributed by atoms with Gasteiger partial charge in [-0.15, -0.1) is 0 Å². The predicted molar refractivity (Wildman–Crippen MR) is 214 cm³/mol. The number of amides is 2. The van der Waals surface area contributed by atoms with E-state index in [0.717, 1.165) is 103 Å². The molecule has 0 aromatic carbocycles. The minimum atomic E-state index is -0.973. The maximum absolute atomic E-state index is 14.4. The second-order valence-electron chi connectivity index (χ2n) is 21.2. The number of carboxylic acid groups (broad SMARTS) is 1. The van der Waals surface area contributed by atoms with Gasteiger partial charge in [0.1, 0.15) is 6.04 Å². The van der Waals surface area contributed by atoms with Crippen molar-refractivity contribution in [1.82, 2.24) is 10.6 Å². The lowest BCUT2D eigenvalue weighted by Crippen LogP contribution is -2.65. The number of aliphatic carboxylic acids is 1. The Morgan fingerprint density at radius 1 is 0.792 bits per heavy atom. The number of allylic oxidation sites excluding steroid dienone is 2. The molecule has 0 saturated heterocycles. The van der Waals surface area contributed by atoms with Gasteiger partial charge in [-0.05, 0) is 128 Å². The highest BCUT2D eigenvalue weighted by Gasteiger charge is 2.69. The van der Waals surface area contributed by atoms with Gasteiger partial charge in [0.25, 0.3) is 0 Å². The fraction of sp³-hybridized carbons (Fsp3) is 0.891. The molecule has 7 nitrogen and oxygen atoms in total. The Bertz CT molecular complexity index is 1370. The molecule has 5 aliphatic carbocycles. The molecule has 53 heavy (non-hydrogen) atoms. The molecule has 5 rings (SSSR count). The van der Waals surface area contributed by atoms with E-state index in [1.807, 2.05) is 13.8 Å². The lowest BCUT2D eigenvalue weighted by Gasteiger charge is -2.71. The summed E-state index contributed by atoms with van der Waals surface area (Å²) in [4.78, 5) is 37.9. The van der Waals surface area contributed by atoms with E-state index < -0.39 is 12.0 Å². The number of aliphatic hydroxyl groups excluding tert-OH is 1. The summed E-state index contributed by atoms with van der Waals surface area (Å²) in [5.74, 6) is 0.526. The average molecular weight is 739 g/mol. The van der Waals surface area contributed by atoms with Crippen LogP contribution in [0.2, 0.25) is 0 Å². The van der Waals surface area contributed by atoms with Crippen LogP contribution in [0.5, 0.6) is 0 Å². The Morgan fingerprint density at radius 3 is 2.06 bits per heavy atom. The lowest BCUT2D eigenvalue weighted by atomic mass is 9.33. The Morgan fingerprint density at radius 2 is 1.42 bits per heavy atom. The molecule has 2 amide bonds.